The second-order valence-corrected chi connectivity index (χ2v) is 8.14. The number of hydrogen-bond acceptors (Lipinski definition) is 4. The van der Waals surface area contributed by atoms with Crippen LogP contribution < -0.4 is 0 Å². The van der Waals surface area contributed by atoms with Crippen LogP contribution in [0.1, 0.15) is 35.2 Å². The molecule has 4 nitrogen and oxygen atoms in total. The minimum atomic E-state index is 0.142. The Morgan fingerprint density at radius 2 is 1.96 bits per heavy atom. The molecule has 0 atom stereocenters. The number of piperidine rings is 1. The SMILES string of the molecule is Cc1cc(C)c(C#N)c(SCC(=O)N2CCC(Cc3ccccc3)CC2)n1. The van der Waals surface area contributed by atoms with E-state index in [0.717, 1.165) is 43.6 Å². The molecule has 1 aromatic heterocycles. The summed E-state index contributed by atoms with van der Waals surface area (Å²) >= 11 is 1.38. The lowest BCUT2D eigenvalue weighted by molar-refractivity contribution is -0.129. The summed E-state index contributed by atoms with van der Waals surface area (Å²) in [5.41, 5.74) is 3.76. The van der Waals surface area contributed by atoms with Gasteiger partial charge in [-0.05, 0) is 56.2 Å². The van der Waals surface area contributed by atoms with Crippen LogP contribution in [0.25, 0.3) is 0 Å². The minimum absolute atomic E-state index is 0.142. The Hall–Kier alpha value is -2.32. The number of aryl methyl sites for hydroxylation is 2. The van der Waals surface area contributed by atoms with Crippen LogP contribution >= 0.6 is 11.8 Å². The second kappa shape index (κ2) is 9.05. The second-order valence-electron chi connectivity index (χ2n) is 7.18. The number of rotatable bonds is 5. The number of nitriles is 1. The van der Waals surface area contributed by atoms with E-state index in [1.807, 2.05) is 30.9 Å². The molecule has 5 heteroatoms. The van der Waals surface area contributed by atoms with E-state index in [-0.39, 0.29) is 5.91 Å². The molecule has 0 N–H and O–H groups in total. The largest absolute Gasteiger partial charge is 0.342 e. The van der Waals surface area contributed by atoms with E-state index in [2.05, 4.69) is 35.3 Å². The maximum absolute atomic E-state index is 12.6. The summed E-state index contributed by atoms with van der Waals surface area (Å²) in [6.07, 6.45) is 3.20. The number of nitrogens with zero attached hydrogens (tertiary/aromatic N) is 3. The molecule has 0 spiro atoms. The zero-order chi connectivity index (χ0) is 19.2. The molecule has 1 aliphatic rings. The van der Waals surface area contributed by atoms with Crippen molar-refractivity contribution in [2.75, 3.05) is 18.8 Å². The number of carbonyl (C=O) groups is 1. The first-order valence-corrected chi connectivity index (χ1v) is 10.4. The van der Waals surface area contributed by atoms with E-state index in [0.29, 0.717) is 22.3 Å². The molecule has 1 aromatic carbocycles. The lowest BCUT2D eigenvalue weighted by Gasteiger charge is -2.32. The average Bonchev–Trinajstić information content (AvgIpc) is 2.67. The van der Waals surface area contributed by atoms with E-state index in [4.69, 9.17) is 0 Å². The quantitative estimate of drug-likeness (QED) is 0.733. The highest BCUT2D eigenvalue weighted by Gasteiger charge is 2.23. The van der Waals surface area contributed by atoms with Gasteiger partial charge in [0.25, 0.3) is 0 Å². The van der Waals surface area contributed by atoms with Crippen LogP contribution in [-0.2, 0) is 11.2 Å². The van der Waals surface area contributed by atoms with Gasteiger partial charge in [0.1, 0.15) is 11.1 Å². The first kappa shape index (κ1) is 19.4. The number of thioether (sulfide) groups is 1. The van der Waals surface area contributed by atoms with Gasteiger partial charge in [-0.1, -0.05) is 42.1 Å². The third-order valence-electron chi connectivity index (χ3n) is 5.09. The van der Waals surface area contributed by atoms with Crippen LogP contribution in [-0.4, -0.2) is 34.6 Å². The van der Waals surface area contributed by atoms with Crippen molar-refractivity contribution in [3.63, 3.8) is 0 Å². The van der Waals surface area contributed by atoms with Crippen molar-refractivity contribution in [3.8, 4) is 6.07 Å². The van der Waals surface area contributed by atoms with Crippen molar-refractivity contribution in [1.82, 2.24) is 9.88 Å². The number of amides is 1. The zero-order valence-electron chi connectivity index (χ0n) is 15.9. The van der Waals surface area contributed by atoms with Gasteiger partial charge in [-0.2, -0.15) is 5.26 Å². The monoisotopic (exact) mass is 379 g/mol. The van der Waals surface area contributed by atoms with Crippen LogP contribution in [0.5, 0.6) is 0 Å². The molecular weight excluding hydrogens is 354 g/mol. The number of benzene rings is 1. The van der Waals surface area contributed by atoms with Crippen LogP contribution in [0, 0.1) is 31.1 Å². The lowest BCUT2D eigenvalue weighted by Crippen LogP contribution is -2.39. The number of pyridine rings is 1. The highest BCUT2D eigenvalue weighted by molar-refractivity contribution is 8.00. The third kappa shape index (κ3) is 5.11. The molecule has 3 rings (SSSR count). The van der Waals surface area contributed by atoms with Gasteiger partial charge in [0.05, 0.1) is 11.3 Å². The summed E-state index contributed by atoms with van der Waals surface area (Å²) in [5, 5.41) is 10.0. The Balaban J connectivity index is 1.51. The summed E-state index contributed by atoms with van der Waals surface area (Å²) in [6, 6.07) is 14.7. The molecule has 1 fully saturated rings. The van der Waals surface area contributed by atoms with E-state index in [1.165, 1.54) is 17.3 Å². The van der Waals surface area contributed by atoms with E-state index < -0.39 is 0 Å². The average molecular weight is 380 g/mol. The minimum Gasteiger partial charge on any atom is -0.342 e. The number of carbonyl (C=O) groups excluding carboxylic acids is 1. The van der Waals surface area contributed by atoms with E-state index >= 15 is 0 Å². The highest BCUT2D eigenvalue weighted by Crippen LogP contribution is 2.26. The molecule has 1 saturated heterocycles. The third-order valence-corrected chi connectivity index (χ3v) is 6.05. The Kier molecular flexibility index (Phi) is 6.52. The van der Waals surface area contributed by atoms with Crippen LogP contribution in [0.2, 0.25) is 0 Å². The van der Waals surface area contributed by atoms with Gasteiger partial charge in [-0.25, -0.2) is 4.98 Å². The molecule has 0 saturated carbocycles. The maximum Gasteiger partial charge on any atom is 0.232 e. The number of likely N-dealkylation sites (tertiary alicyclic amines) is 1. The fourth-order valence-corrected chi connectivity index (χ4v) is 4.60. The lowest BCUT2D eigenvalue weighted by atomic mass is 9.90. The van der Waals surface area contributed by atoms with Crippen molar-refractivity contribution < 1.29 is 4.79 Å². The molecule has 0 unspecified atom stereocenters. The summed E-state index contributed by atoms with van der Waals surface area (Å²) in [7, 11) is 0. The molecule has 0 bridgehead atoms. The van der Waals surface area contributed by atoms with Gasteiger partial charge in [0.15, 0.2) is 0 Å². The molecule has 2 aromatic rings. The van der Waals surface area contributed by atoms with Crippen LogP contribution in [0.4, 0.5) is 0 Å². The topological polar surface area (TPSA) is 57.0 Å². The molecule has 1 aliphatic heterocycles. The van der Waals surface area contributed by atoms with Crippen molar-refractivity contribution in [2.24, 2.45) is 5.92 Å². The van der Waals surface area contributed by atoms with Gasteiger partial charge in [-0.3, -0.25) is 4.79 Å². The fraction of sp³-hybridized carbons (Fsp3) is 0.409. The van der Waals surface area contributed by atoms with Crippen molar-refractivity contribution in [3.05, 3.63) is 58.8 Å². The highest BCUT2D eigenvalue weighted by atomic mass is 32.2. The molecular formula is C22H25N3OS. The summed E-state index contributed by atoms with van der Waals surface area (Å²) in [4.78, 5) is 19.0. The Labute approximate surface area is 165 Å². The predicted molar refractivity (Wildman–Crippen MR) is 109 cm³/mol. The molecule has 0 aliphatic carbocycles. The smallest absolute Gasteiger partial charge is 0.232 e. The van der Waals surface area contributed by atoms with Crippen molar-refractivity contribution in [2.45, 2.75) is 38.1 Å². The molecule has 140 valence electrons. The summed E-state index contributed by atoms with van der Waals surface area (Å²) in [5.74, 6) is 1.13. The predicted octanol–water partition coefficient (Wildman–Crippen LogP) is 4.14. The fourth-order valence-electron chi connectivity index (χ4n) is 3.60. The maximum atomic E-state index is 12.6. The first-order valence-electron chi connectivity index (χ1n) is 9.39. The zero-order valence-corrected chi connectivity index (χ0v) is 16.8. The van der Waals surface area contributed by atoms with Gasteiger partial charge in [-0.15, -0.1) is 0 Å². The normalized spacial score (nSPS) is 14.8. The first-order chi connectivity index (χ1) is 13.1. The summed E-state index contributed by atoms with van der Waals surface area (Å²) in [6.45, 7) is 5.47. The van der Waals surface area contributed by atoms with Gasteiger partial charge < -0.3 is 4.90 Å². The van der Waals surface area contributed by atoms with Gasteiger partial charge in [0, 0.05) is 18.8 Å². The Morgan fingerprint density at radius 1 is 1.26 bits per heavy atom. The molecule has 0 radical (unpaired) electrons. The Morgan fingerprint density at radius 3 is 2.63 bits per heavy atom. The molecule has 27 heavy (non-hydrogen) atoms. The summed E-state index contributed by atoms with van der Waals surface area (Å²) < 4.78 is 0. The van der Waals surface area contributed by atoms with E-state index in [1.54, 1.807) is 0 Å². The van der Waals surface area contributed by atoms with Gasteiger partial charge >= 0.3 is 0 Å². The van der Waals surface area contributed by atoms with E-state index in [9.17, 15) is 10.1 Å². The van der Waals surface area contributed by atoms with Crippen molar-refractivity contribution in [1.29, 1.82) is 5.26 Å². The van der Waals surface area contributed by atoms with Gasteiger partial charge in [0.2, 0.25) is 5.91 Å². The molecule has 1 amide bonds. The standard InChI is InChI=1S/C22H25N3OS/c1-16-12-17(2)24-22(20(16)14-23)27-15-21(26)25-10-8-19(9-11-25)13-18-6-4-3-5-7-18/h3-7,12,19H,8-11,13,15H2,1-2H3. The van der Waals surface area contributed by atoms with Crippen LogP contribution in [0.15, 0.2) is 41.4 Å². The van der Waals surface area contributed by atoms with Crippen molar-refractivity contribution >= 4 is 17.7 Å². The molecule has 2 heterocycles. The van der Waals surface area contributed by atoms with Crippen LogP contribution in [0.3, 0.4) is 0 Å². The number of aromatic nitrogens is 1. The Bertz CT molecular complexity index is 837. The number of hydrogen-bond donors (Lipinski definition) is 0.